The topological polar surface area (TPSA) is 32.3 Å². The Hall–Kier alpha value is -0.0800. The predicted molar refractivity (Wildman–Crippen MR) is 60.3 cm³/mol. The fraction of sp³-hybridized carbons (Fsp3) is 1.00. The molecule has 2 unspecified atom stereocenters. The Morgan fingerprint density at radius 1 is 1.43 bits per heavy atom. The van der Waals surface area contributed by atoms with Gasteiger partial charge in [0, 0.05) is 11.6 Å². The molecule has 0 spiro atoms. The van der Waals surface area contributed by atoms with Crippen LogP contribution in [0.3, 0.4) is 0 Å². The molecule has 0 radical (unpaired) electrons. The zero-order chi connectivity index (χ0) is 10.6. The number of aliphatic hydroxyl groups excluding tert-OH is 1. The van der Waals surface area contributed by atoms with Crippen molar-refractivity contribution in [2.75, 3.05) is 6.61 Å². The van der Waals surface area contributed by atoms with Crippen LogP contribution < -0.4 is 5.32 Å². The molecule has 0 saturated heterocycles. The fourth-order valence-corrected chi connectivity index (χ4v) is 2.93. The molecule has 2 heteroatoms. The van der Waals surface area contributed by atoms with Crippen LogP contribution in [0.15, 0.2) is 0 Å². The molecule has 84 valence electrons. The third kappa shape index (κ3) is 2.48. The monoisotopic (exact) mass is 199 g/mol. The highest BCUT2D eigenvalue weighted by Crippen LogP contribution is 2.35. The van der Waals surface area contributed by atoms with Crippen molar-refractivity contribution in [1.29, 1.82) is 0 Å². The molecule has 1 saturated carbocycles. The van der Waals surface area contributed by atoms with Crippen LogP contribution in [0.1, 0.15) is 52.9 Å². The smallest absolute Gasteiger partial charge is 0.0616 e. The molecule has 0 aliphatic heterocycles. The van der Waals surface area contributed by atoms with Gasteiger partial charge in [-0.15, -0.1) is 0 Å². The van der Waals surface area contributed by atoms with Gasteiger partial charge in [0.2, 0.25) is 0 Å². The normalized spacial score (nSPS) is 33.6. The zero-order valence-electron chi connectivity index (χ0n) is 9.84. The largest absolute Gasteiger partial charge is 0.394 e. The second-order valence-electron chi connectivity index (χ2n) is 4.96. The van der Waals surface area contributed by atoms with Crippen molar-refractivity contribution < 1.29 is 5.11 Å². The molecule has 1 aliphatic rings. The maximum atomic E-state index is 9.63. The maximum absolute atomic E-state index is 9.63. The lowest BCUT2D eigenvalue weighted by atomic mass is 9.71. The molecular weight excluding hydrogens is 174 g/mol. The Morgan fingerprint density at radius 3 is 2.64 bits per heavy atom. The minimum Gasteiger partial charge on any atom is -0.394 e. The van der Waals surface area contributed by atoms with E-state index >= 15 is 0 Å². The molecule has 0 aromatic carbocycles. The summed E-state index contributed by atoms with van der Waals surface area (Å²) in [6.45, 7) is 6.86. The molecule has 2 N–H and O–H groups in total. The van der Waals surface area contributed by atoms with E-state index in [0.717, 1.165) is 6.42 Å². The van der Waals surface area contributed by atoms with Crippen LogP contribution in [0.5, 0.6) is 0 Å². The Balaban J connectivity index is 2.70. The van der Waals surface area contributed by atoms with Gasteiger partial charge < -0.3 is 10.4 Å². The first kappa shape index (κ1) is 12.0. The number of nitrogens with one attached hydrogen (secondary N) is 1. The van der Waals surface area contributed by atoms with Crippen LogP contribution in [0.2, 0.25) is 0 Å². The summed E-state index contributed by atoms with van der Waals surface area (Å²) < 4.78 is 0. The molecule has 2 nitrogen and oxygen atoms in total. The summed E-state index contributed by atoms with van der Waals surface area (Å²) >= 11 is 0. The first-order valence-electron chi connectivity index (χ1n) is 6.03. The minimum atomic E-state index is 0.0150. The van der Waals surface area contributed by atoms with E-state index in [1.807, 2.05) is 0 Å². The third-order valence-electron chi connectivity index (χ3n) is 3.56. The second-order valence-corrected chi connectivity index (χ2v) is 4.96. The molecule has 0 bridgehead atoms. The Bertz CT molecular complexity index is 170. The highest BCUT2D eigenvalue weighted by molar-refractivity contribution is 4.97. The van der Waals surface area contributed by atoms with Gasteiger partial charge in [0.15, 0.2) is 0 Å². The summed E-state index contributed by atoms with van der Waals surface area (Å²) in [6.07, 6.45) is 6.19. The Morgan fingerprint density at radius 2 is 2.14 bits per heavy atom. The number of hydrogen-bond donors (Lipinski definition) is 2. The van der Waals surface area contributed by atoms with Crippen LogP contribution in [0, 0.1) is 5.92 Å². The lowest BCUT2D eigenvalue weighted by Crippen LogP contribution is -2.57. The molecule has 0 aromatic rings. The Labute approximate surface area is 88.1 Å². The summed E-state index contributed by atoms with van der Waals surface area (Å²) in [5.74, 6) is 0.656. The molecule has 1 rings (SSSR count). The van der Waals surface area contributed by atoms with Gasteiger partial charge in [0.1, 0.15) is 0 Å². The summed E-state index contributed by atoms with van der Waals surface area (Å²) in [5.41, 5.74) is 0.0150. The lowest BCUT2D eigenvalue weighted by Gasteiger charge is -2.45. The minimum absolute atomic E-state index is 0.0150. The van der Waals surface area contributed by atoms with E-state index in [2.05, 4.69) is 26.1 Å². The van der Waals surface area contributed by atoms with E-state index in [9.17, 15) is 5.11 Å². The predicted octanol–water partition coefficient (Wildman–Crippen LogP) is 2.32. The van der Waals surface area contributed by atoms with Crippen LogP contribution in [0.4, 0.5) is 0 Å². The number of hydrogen-bond acceptors (Lipinski definition) is 2. The lowest BCUT2D eigenvalue weighted by molar-refractivity contribution is 0.0568. The van der Waals surface area contributed by atoms with E-state index in [0.29, 0.717) is 18.6 Å². The van der Waals surface area contributed by atoms with Gasteiger partial charge in [-0.05, 0) is 18.8 Å². The first-order chi connectivity index (χ1) is 6.64. The van der Waals surface area contributed by atoms with Gasteiger partial charge in [-0.2, -0.15) is 0 Å². The van der Waals surface area contributed by atoms with E-state index in [1.165, 1.54) is 25.7 Å². The zero-order valence-corrected chi connectivity index (χ0v) is 9.84. The Kier molecular flexibility index (Phi) is 4.39. The van der Waals surface area contributed by atoms with Gasteiger partial charge in [-0.1, -0.05) is 40.0 Å². The van der Waals surface area contributed by atoms with Gasteiger partial charge in [-0.25, -0.2) is 0 Å². The summed E-state index contributed by atoms with van der Waals surface area (Å²) in [7, 11) is 0. The summed E-state index contributed by atoms with van der Waals surface area (Å²) in [4.78, 5) is 0. The molecule has 0 aromatic heterocycles. The van der Waals surface area contributed by atoms with E-state index in [4.69, 9.17) is 0 Å². The average Bonchev–Trinajstić information content (AvgIpc) is 2.17. The average molecular weight is 199 g/mol. The van der Waals surface area contributed by atoms with Crippen molar-refractivity contribution in [3.63, 3.8) is 0 Å². The molecule has 0 amide bonds. The first-order valence-corrected chi connectivity index (χ1v) is 6.03. The van der Waals surface area contributed by atoms with Crippen LogP contribution >= 0.6 is 0 Å². The van der Waals surface area contributed by atoms with Gasteiger partial charge in [0.05, 0.1) is 6.61 Å². The SMILES string of the molecule is CCC1CCCCC1(CO)NC(C)C. The molecule has 0 heterocycles. The van der Waals surface area contributed by atoms with Crippen LogP contribution in [-0.2, 0) is 0 Å². The van der Waals surface area contributed by atoms with E-state index in [1.54, 1.807) is 0 Å². The molecule has 14 heavy (non-hydrogen) atoms. The van der Waals surface area contributed by atoms with Gasteiger partial charge >= 0.3 is 0 Å². The molecule has 1 aliphatic carbocycles. The highest BCUT2D eigenvalue weighted by atomic mass is 16.3. The molecule has 2 atom stereocenters. The maximum Gasteiger partial charge on any atom is 0.0616 e. The number of rotatable bonds is 4. The second kappa shape index (κ2) is 5.13. The van der Waals surface area contributed by atoms with Gasteiger partial charge in [-0.3, -0.25) is 0 Å². The van der Waals surface area contributed by atoms with Crippen molar-refractivity contribution in [3.8, 4) is 0 Å². The third-order valence-corrected chi connectivity index (χ3v) is 3.56. The van der Waals surface area contributed by atoms with Crippen molar-refractivity contribution in [2.45, 2.75) is 64.5 Å². The number of aliphatic hydroxyl groups is 1. The van der Waals surface area contributed by atoms with Crippen molar-refractivity contribution in [2.24, 2.45) is 5.92 Å². The van der Waals surface area contributed by atoms with Crippen molar-refractivity contribution in [1.82, 2.24) is 5.32 Å². The van der Waals surface area contributed by atoms with E-state index < -0.39 is 0 Å². The quantitative estimate of drug-likeness (QED) is 0.728. The standard InChI is InChI=1S/C12H25NO/c1-4-11-7-5-6-8-12(11,9-14)13-10(2)3/h10-11,13-14H,4-9H2,1-3H3. The fourth-order valence-electron chi connectivity index (χ4n) is 2.93. The van der Waals surface area contributed by atoms with Crippen molar-refractivity contribution in [3.05, 3.63) is 0 Å². The summed E-state index contributed by atoms with van der Waals surface area (Å²) in [5, 5.41) is 13.2. The molecular formula is C12H25NO. The highest BCUT2D eigenvalue weighted by Gasteiger charge is 2.39. The van der Waals surface area contributed by atoms with Gasteiger partial charge in [0.25, 0.3) is 0 Å². The molecule has 1 fully saturated rings. The van der Waals surface area contributed by atoms with Crippen LogP contribution in [0.25, 0.3) is 0 Å². The van der Waals surface area contributed by atoms with E-state index in [-0.39, 0.29) is 5.54 Å². The van der Waals surface area contributed by atoms with Crippen molar-refractivity contribution >= 4 is 0 Å². The van der Waals surface area contributed by atoms with Crippen LogP contribution in [-0.4, -0.2) is 23.3 Å². The summed E-state index contributed by atoms with van der Waals surface area (Å²) in [6, 6.07) is 0.467.